The highest BCUT2D eigenvalue weighted by Gasteiger charge is 2.23. The highest BCUT2D eigenvalue weighted by atomic mass is 16.3. The van der Waals surface area contributed by atoms with E-state index in [4.69, 9.17) is 0 Å². The molecule has 21 heavy (non-hydrogen) atoms. The van der Waals surface area contributed by atoms with Crippen LogP contribution in [0, 0.1) is 0 Å². The van der Waals surface area contributed by atoms with Gasteiger partial charge in [0.25, 0.3) is 5.91 Å². The van der Waals surface area contributed by atoms with Crippen LogP contribution in [0.1, 0.15) is 28.9 Å². The maximum absolute atomic E-state index is 12.0. The van der Waals surface area contributed by atoms with Crippen LogP contribution in [-0.4, -0.2) is 22.0 Å². The topological polar surface area (TPSA) is 74.2 Å². The number of nitrogens with zero attached hydrogens (tertiary/aromatic N) is 1. The van der Waals surface area contributed by atoms with Crippen molar-refractivity contribution >= 4 is 11.6 Å². The number of pyridine rings is 1. The third-order valence-corrected chi connectivity index (χ3v) is 3.32. The van der Waals surface area contributed by atoms with Gasteiger partial charge in [-0.2, -0.15) is 0 Å². The van der Waals surface area contributed by atoms with Gasteiger partial charge in [0.15, 0.2) is 0 Å². The van der Waals surface area contributed by atoms with Crippen molar-refractivity contribution in [1.82, 2.24) is 10.3 Å². The Hall–Kier alpha value is -2.56. The van der Waals surface area contributed by atoms with E-state index in [0.717, 1.165) is 24.2 Å². The van der Waals surface area contributed by atoms with Crippen molar-refractivity contribution in [2.75, 3.05) is 5.32 Å². The summed E-state index contributed by atoms with van der Waals surface area (Å²) in [6, 6.07) is 11.1. The van der Waals surface area contributed by atoms with Crippen LogP contribution in [0.3, 0.4) is 0 Å². The lowest BCUT2D eigenvalue weighted by molar-refractivity contribution is 0.0951. The number of hydrogen-bond donors (Lipinski definition) is 3. The first-order valence-corrected chi connectivity index (χ1v) is 6.99. The molecule has 0 saturated heterocycles. The number of anilines is 1. The summed E-state index contributed by atoms with van der Waals surface area (Å²) in [6.07, 6.45) is 3.57. The highest BCUT2D eigenvalue weighted by Crippen LogP contribution is 2.20. The summed E-state index contributed by atoms with van der Waals surface area (Å²) in [6.45, 7) is 0.536. The van der Waals surface area contributed by atoms with E-state index < -0.39 is 0 Å². The number of aromatic hydroxyl groups is 1. The molecule has 1 heterocycles. The summed E-state index contributed by atoms with van der Waals surface area (Å²) in [5.41, 5.74) is 2.35. The normalized spacial score (nSPS) is 13.7. The van der Waals surface area contributed by atoms with Crippen molar-refractivity contribution in [2.45, 2.75) is 25.4 Å². The lowest BCUT2D eigenvalue weighted by Gasteiger charge is -2.08. The van der Waals surface area contributed by atoms with Crippen LogP contribution < -0.4 is 10.6 Å². The smallest absolute Gasteiger partial charge is 0.251 e. The van der Waals surface area contributed by atoms with Gasteiger partial charge in [-0.1, -0.05) is 6.07 Å². The minimum Gasteiger partial charge on any atom is -0.506 e. The zero-order valence-electron chi connectivity index (χ0n) is 11.5. The Morgan fingerprint density at radius 2 is 2.14 bits per heavy atom. The molecule has 0 bridgehead atoms. The summed E-state index contributed by atoms with van der Waals surface area (Å²) in [5.74, 6) is 0.126. The second-order valence-electron chi connectivity index (χ2n) is 5.19. The van der Waals surface area contributed by atoms with Gasteiger partial charge in [-0.15, -0.1) is 0 Å². The zero-order valence-corrected chi connectivity index (χ0v) is 11.5. The van der Waals surface area contributed by atoms with E-state index in [2.05, 4.69) is 15.6 Å². The van der Waals surface area contributed by atoms with Crippen molar-refractivity contribution in [3.05, 3.63) is 53.9 Å². The number of nitrogens with one attached hydrogen (secondary N) is 2. The second-order valence-corrected chi connectivity index (χ2v) is 5.19. The number of carbonyl (C=O) groups is 1. The van der Waals surface area contributed by atoms with E-state index in [1.165, 1.54) is 6.20 Å². The number of rotatable bonds is 5. The van der Waals surface area contributed by atoms with E-state index in [0.29, 0.717) is 18.2 Å². The summed E-state index contributed by atoms with van der Waals surface area (Å²) in [4.78, 5) is 16.1. The Balaban J connectivity index is 1.62. The van der Waals surface area contributed by atoms with Crippen LogP contribution in [0.25, 0.3) is 0 Å². The van der Waals surface area contributed by atoms with E-state index >= 15 is 0 Å². The van der Waals surface area contributed by atoms with Crippen molar-refractivity contribution in [1.29, 1.82) is 0 Å². The number of benzene rings is 1. The summed E-state index contributed by atoms with van der Waals surface area (Å²) in [7, 11) is 0. The van der Waals surface area contributed by atoms with E-state index in [1.807, 2.05) is 24.3 Å². The summed E-state index contributed by atoms with van der Waals surface area (Å²) in [5, 5.41) is 15.4. The van der Waals surface area contributed by atoms with Gasteiger partial charge in [-0.3, -0.25) is 9.78 Å². The Bertz CT molecular complexity index is 636. The maximum Gasteiger partial charge on any atom is 0.251 e. The first-order valence-electron chi connectivity index (χ1n) is 6.99. The van der Waals surface area contributed by atoms with Gasteiger partial charge >= 0.3 is 0 Å². The van der Waals surface area contributed by atoms with Gasteiger partial charge in [0.2, 0.25) is 0 Å². The van der Waals surface area contributed by atoms with Crippen LogP contribution in [0.5, 0.6) is 5.75 Å². The molecule has 0 unspecified atom stereocenters. The minimum absolute atomic E-state index is 0.0242. The molecule has 3 N–H and O–H groups in total. The zero-order chi connectivity index (χ0) is 14.7. The highest BCUT2D eigenvalue weighted by molar-refractivity contribution is 5.95. The molecule has 1 aliphatic carbocycles. The average Bonchev–Trinajstić information content (AvgIpc) is 3.31. The molecule has 3 rings (SSSR count). The molecular weight excluding hydrogens is 266 g/mol. The lowest BCUT2D eigenvalue weighted by Crippen LogP contribution is -2.25. The third-order valence-electron chi connectivity index (χ3n) is 3.32. The van der Waals surface area contributed by atoms with Gasteiger partial charge in [0, 0.05) is 17.3 Å². The standard InChI is InChI=1S/C16H17N3O2/c20-15-7-6-14(18-10-15)9-17-13-3-1-2-11(8-13)16(21)19-12-4-5-12/h1-3,6-8,10,12,17,20H,4-5,9H2,(H,19,21). The van der Waals surface area contributed by atoms with Crippen molar-refractivity contribution < 1.29 is 9.90 Å². The van der Waals surface area contributed by atoms with Crippen molar-refractivity contribution in [3.8, 4) is 5.75 Å². The van der Waals surface area contributed by atoms with Gasteiger partial charge < -0.3 is 15.7 Å². The Kier molecular flexibility index (Phi) is 3.73. The van der Waals surface area contributed by atoms with E-state index in [9.17, 15) is 9.90 Å². The molecule has 1 aliphatic rings. The largest absolute Gasteiger partial charge is 0.506 e. The quantitative estimate of drug-likeness (QED) is 0.787. The first kappa shape index (κ1) is 13.4. The third kappa shape index (κ3) is 3.72. The molecule has 1 amide bonds. The fraction of sp³-hybridized carbons (Fsp3) is 0.250. The molecule has 1 saturated carbocycles. The maximum atomic E-state index is 12.0. The lowest BCUT2D eigenvalue weighted by atomic mass is 10.2. The van der Waals surface area contributed by atoms with Crippen molar-refractivity contribution in [3.63, 3.8) is 0 Å². The molecule has 0 spiro atoms. The van der Waals surface area contributed by atoms with Gasteiger partial charge in [-0.25, -0.2) is 0 Å². The van der Waals surface area contributed by atoms with E-state index in [1.54, 1.807) is 12.1 Å². The van der Waals surface area contributed by atoms with Crippen LogP contribution in [0.15, 0.2) is 42.6 Å². The number of aromatic nitrogens is 1. The molecule has 5 nitrogen and oxygen atoms in total. The van der Waals surface area contributed by atoms with Crippen LogP contribution in [-0.2, 0) is 6.54 Å². The van der Waals surface area contributed by atoms with Crippen LogP contribution >= 0.6 is 0 Å². The number of hydrogen-bond acceptors (Lipinski definition) is 4. The van der Waals surface area contributed by atoms with Gasteiger partial charge in [0.1, 0.15) is 5.75 Å². The molecule has 0 atom stereocenters. The van der Waals surface area contributed by atoms with Gasteiger partial charge in [-0.05, 0) is 43.2 Å². The predicted octanol–water partition coefficient (Wildman–Crippen LogP) is 2.29. The van der Waals surface area contributed by atoms with Gasteiger partial charge in [0.05, 0.1) is 18.4 Å². The van der Waals surface area contributed by atoms with Crippen molar-refractivity contribution in [2.24, 2.45) is 0 Å². The van der Waals surface area contributed by atoms with Crippen LogP contribution in [0.2, 0.25) is 0 Å². The first-order chi connectivity index (χ1) is 10.2. The number of amides is 1. The molecule has 1 fully saturated rings. The van der Waals surface area contributed by atoms with Crippen LogP contribution in [0.4, 0.5) is 5.69 Å². The monoisotopic (exact) mass is 283 g/mol. The number of carbonyl (C=O) groups excluding carboxylic acids is 1. The molecule has 108 valence electrons. The molecule has 5 heteroatoms. The SMILES string of the molecule is O=C(NC1CC1)c1cccc(NCc2ccc(O)cn2)c1. The molecular formula is C16H17N3O2. The molecule has 1 aromatic carbocycles. The minimum atomic E-state index is -0.0242. The summed E-state index contributed by atoms with van der Waals surface area (Å²) >= 11 is 0. The fourth-order valence-corrected chi connectivity index (χ4v) is 1.98. The molecule has 0 radical (unpaired) electrons. The molecule has 1 aromatic heterocycles. The predicted molar refractivity (Wildman–Crippen MR) is 80.2 cm³/mol. The molecule has 2 aromatic rings. The average molecular weight is 283 g/mol. The Labute approximate surface area is 123 Å². The second kappa shape index (κ2) is 5.83. The fourth-order valence-electron chi connectivity index (χ4n) is 1.98. The Morgan fingerprint density at radius 1 is 1.29 bits per heavy atom. The van der Waals surface area contributed by atoms with E-state index in [-0.39, 0.29) is 11.7 Å². The Morgan fingerprint density at radius 3 is 2.86 bits per heavy atom. The molecule has 0 aliphatic heterocycles. The summed E-state index contributed by atoms with van der Waals surface area (Å²) < 4.78 is 0.